The normalized spacial score (nSPS) is 12.5. The molecule has 0 unspecified atom stereocenters. The fourth-order valence-corrected chi connectivity index (χ4v) is 4.27. The highest BCUT2D eigenvalue weighted by atomic mass is 16.2. The maximum absolute atomic E-state index is 13.0. The van der Waals surface area contributed by atoms with Crippen molar-refractivity contribution in [1.82, 2.24) is 9.99 Å². The topological polar surface area (TPSA) is 90.5 Å². The molecule has 0 bridgehead atoms. The van der Waals surface area contributed by atoms with Gasteiger partial charge in [-0.05, 0) is 48.2 Å². The summed E-state index contributed by atoms with van der Waals surface area (Å²) in [5.41, 5.74) is 7.70. The van der Waals surface area contributed by atoms with Gasteiger partial charge in [-0.15, -0.1) is 0 Å². The predicted molar refractivity (Wildman–Crippen MR) is 131 cm³/mol. The zero-order chi connectivity index (χ0) is 23.8. The molecule has 0 atom stereocenters. The number of nitrogens with zero attached hydrogens (tertiary/aromatic N) is 4. The first-order chi connectivity index (χ1) is 16.5. The SMILES string of the molecule is Cc1c(/C=N/NC(=O)c2ccc(CN3C(=O)c4cccc5cccc3c45)cc2)cc(C#N)n1C. The highest BCUT2D eigenvalue weighted by Gasteiger charge is 2.29. The van der Waals surface area contributed by atoms with E-state index in [0.29, 0.717) is 17.8 Å². The lowest BCUT2D eigenvalue weighted by Gasteiger charge is -2.18. The molecular weight excluding hydrogens is 426 g/mol. The van der Waals surface area contributed by atoms with E-state index in [9.17, 15) is 9.59 Å². The summed E-state index contributed by atoms with van der Waals surface area (Å²) in [6.45, 7) is 2.30. The first-order valence-electron chi connectivity index (χ1n) is 10.8. The largest absolute Gasteiger partial charge is 0.339 e. The number of rotatable bonds is 5. The number of nitrogens with one attached hydrogen (secondary N) is 1. The second-order valence-corrected chi connectivity index (χ2v) is 8.21. The first-order valence-corrected chi connectivity index (χ1v) is 10.8. The van der Waals surface area contributed by atoms with Crippen LogP contribution in [0.25, 0.3) is 10.8 Å². The van der Waals surface area contributed by atoms with E-state index < -0.39 is 0 Å². The van der Waals surface area contributed by atoms with Crippen LogP contribution in [0, 0.1) is 18.3 Å². The molecule has 4 aromatic rings. The molecule has 0 spiro atoms. The molecule has 1 aliphatic heterocycles. The van der Waals surface area contributed by atoms with Crippen LogP contribution in [0.5, 0.6) is 0 Å². The van der Waals surface area contributed by atoms with Crippen LogP contribution in [0.2, 0.25) is 0 Å². The second-order valence-electron chi connectivity index (χ2n) is 8.21. The Kier molecular flexibility index (Phi) is 5.19. The van der Waals surface area contributed by atoms with Gasteiger partial charge in [0.25, 0.3) is 11.8 Å². The molecule has 34 heavy (non-hydrogen) atoms. The van der Waals surface area contributed by atoms with Crippen molar-refractivity contribution in [1.29, 1.82) is 5.26 Å². The summed E-state index contributed by atoms with van der Waals surface area (Å²) in [7, 11) is 1.81. The van der Waals surface area contributed by atoms with E-state index in [4.69, 9.17) is 5.26 Å². The standard InChI is InChI=1S/C27H21N5O2/c1-17-21(13-22(14-28)31(17)2)15-29-30-26(33)20-11-9-18(10-12-20)16-32-24-8-4-6-19-5-3-7-23(25(19)24)27(32)34/h3-13,15H,16H2,1-2H3,(H,30,33)/b29-15+. The second kappa shape index (κ2) is 8.34. The van der Waals surface area contributed by atoms with Crippen molar-refractivity contribution >= 4 is 34.5 Å². The Morgan fingerprint density at radius 3 is 2.56 bits per heavy atom. The van der Waals surface area contributed by atoms with E-state index in [1.807, 2.05) is 55.5 Å². The number of hydrogen-bond acceptors (Lipinski definition) is 4. The summed E-state index contributed by atoms with van der Waals surface area (Å²) < 4.78 is 1.77. The average Bonchev–Trinajstić information content (AvgIpc) is 3.29. The summed E-state index contributed by atoms with van der Waals surface area (Å²) in [5.74, 6) is -0.356. The molecule has 0 fully saturated rings. The van der Waals surface area contributed by atoms with Crippen LogP contribution in [0.4, 0.5) is 5.69 Å². The lowest BCUT2D eigenvalue weighted by molar-refractivity contribution is 0.0953. The van der Waals surface area contributed by atoms with E-state index in [2.05, 4.69) is 16.6 Å². The number of amides is 2. The number of anilines is 1. The van der Waals surface area contributed by atoms with Crippen molar-refractivity contribution in [2.24, 2.45) is 12.1 Å². The third-order valence-electron chi connectivity index (χ3n) is 6.26. The summed E-state index contributed by atoms with van der Waals surface area (Å²) in [6.07, 6.45) is 1.53. The maximum Gasteiger partial charge on any atom is 0.271 e. The van der Waals surface area contributed by atoms with Gasteiger partial charge in [-0.2, -0.15) is 10.4 Å². The Labute approximate surface area is 196 Å². The van der Waals surface area contributed by atoms with Gasteiger partial charge >= 0.3 is 0 Å². The Bertz CT molecular complexity index is 1520. The van der Waals surface area contributed by atoms with Crippen molar-refractivity contribution < 1.29 is 9.59 Å². The van der Waals surface area contributed by atoms with Gasteiger partial charge in [-0.25, -0.2) is 5.43 Å². The molecule has 2 amide bonds. The number of aromatic nitrogens is 1. The number of nitriles is 1. The number of carbonyl (C=O) groups excluding carboxylic acids is 2. The maximum atomic E-state index is 13.0. The molecular formula is C27H21N5O2. The van der Waals surface area contributed by atoms with Crippen LogP contribution in [-0.2, 0) is 13.6 Å². The van der Waals surface area contributed by atoms with Gasteiger partial charge in [0.1, 0.15) is 11.8 Å². The third kappa shape index (κ3) is 3.51. The molecule has 7 nitrogen and oxygen atoms in total. The molecule has 1 aromatic heterocycles. The minimum Gasteiger partial charge on any atom is -0.339 e. The molecule has 0 aliphatic carbocycles. The Balaban J connectivity index is 1.27. The van der Waals surface area contributed by atoms with E-state index in [0.717, 1.165) is 38.8 Å². The van der Waals surface area contributed by atoms with Crippen molar-refractivity contribution in [2.75, 3.05) is 4.90 Å². The lowest BCUT2D eigenvalue weighted by atomic mass is 10.1. The van der Waals surface area contributed by atoms with Crippen LogP contribution in [0.3, 0.4) is 0 Å². The highest BCUT2D eigenvalue weighted by Crippen LogP contribution is 2.37. The van der Waals surface area contributed by atoms with E-state index in [1.165, 1.54) is 6.21 Å². The molecule has 166 valence electrons. The molecule has 0 radical (unpaired) electrons. The van der Waals surface area contributed by atoms with Gasteiger partial charge in [0.2, 0.25) is 0 Å². The van der Waals surface area contributed by atoms with Gasteiger partial charge in [-0.1, -0.05) is 36.4 Å². The van der Waals surface area contributed by atoms with Crippen LogP contribution in [-0.4, -0.2) is 22.6 Å². The van der Waals surface area contributed by atoms with E-state index in [-0.39, 0.29) is 11.8 Å². The fraction of sp³-hybridized carbons (Fsp3) is 0.111. The summed E-state index contributed by atoms with van der Waals surface area (Å²) in [5, 5.41) is 15.2. The molecule has 0 saturated carbocycles. The Hall–Kier alpha value is -4.70. The zero-order valence-electron chi connectivity index (χ0n) is 18.7. The van der Waals surface area contributed by atoms with Crippen LogP contribution < -0.4 is 10.3 Å². The molecule has 7 heteroatoms. The van der Waals surface area contributed by atoms with Gasteiger partial charge in [0.05, 0.1) is 18.4 Å². The third-order valence-corrected chi connectivity index (χ3v) is 6.26. The monoisotopic (exact) mass is 447 g/mol. The van der Waals surface area contributed by atoms with Crippen LogP contribution in [0.15, 0.2) is 71.8 Å². The summed E-state index contributed by atoms with van der Waals surface area (Å²) >= 11 is 0. The minimum absolute atomic E-state index is 0.0151. The zero-order valence-corrected chi connectivity index (χ0v) is 18.7. The summed E-state index contributed by atoms with van der Waals surface area (Å²) in [6, 6.07) is 22.7. The number of hydrazone groups is 1. The molecule has 3 aromatic carbocycles. The Morgan fingerprint density at radius 2 is 1.85 bits per heavy atom. The van der Waals surface area contributed by atoms with Gasteiger partial charge in [-0.3, -0.25) is 9.59 Å². The van der Waals surface area contributed by atoms with Crippen molar-refractivity contribution in [3.63, 3.8) is 0 Å². The number of carbonyl (C=O) groups is 2. The minimum atomic E-state index is -0.341. The molecule has 1 aliphatic rings. The van der Waals surface area contributed by atoms with Crippen molar-refractivity contribution in [3.05, 3.63) is 100 Å². The number of benzene rings is 3. The molecule has 0 saturated heterocycles. The molecule has 2 heterocycles. The predicted octanol–water partition coefficient (Wildman–Crippen LogP) is 4.28. The summed E-state index contributed by atoms with van der Waals surface area (Å²) in [4.78, 5) is 27.2. The van der Waals surface area contributed by atoms with Crippen LogP contribution >= 0.6 is 0 Å². The van der Waals surface area contributed by atoms with Crippen LogP contribution in [0.1, 0.15) is 43.2 Å². The smallest absolute Gasteiger partial charge is 0.271 e. The number of hydrogen-bond donors (Lipinski definition) is 1. The first kappa shape index (κ1) is 21.2. The molecule has 1 N–H and O–H groups in total. The van der Waals surface area contributed by atoms with Crippen molar-refractivity contribution in [2.45, 2.75) is 13.5 Å². The average molecular weight is 447 g/mol. The van der Waals surface area contributed by atoms with E-state index in [1.54, 1.807) is 34.7 Å². The Morgan fingerprint density at radius 1 is 1.12 bits per heavy atom. The van der Waals surface area contributed by atoms with Gasteiger partial charge < -0.3 is 9.47 Å². The van der Waals surface area contributed by atoms with Crippen molar-refractivity contribution in [3.8, 4) is 6.07 Å². The highest BCUT2D eigenvalue weighted by molar-refractivity contribution is 6.24. The molecule has 5 rings (SSSR count). The van der Waals surface area contributed by atoms with Gasteiger partial charge in [0, 0.05) is 34.8 Å². The van der Waals surface area contributed by atoms with Gasteiger partial charge in [0.15, 0.2) is 0 Å². The fourth-order valence-electron chi connectivity index (χ4n) is 4.27. The lowest BCUT2D eigenvalue weighted by Crippen LogP contribution is -2.26. The van der Waals surface area contributed by atoms with E-state index >= 15 is 0 Å². The quantitative estimate of drug-likeness (QED) is 0.366.